The van der Waals surface area contributed by atoms with E-state index in [0.717, 1.165) is 12.8 Å². The highest BCUT2D eigenvalue weighted by atomic mass is 16.5. The van der Waals surface area contributed by atoms with E-state index in [1.54, 1.807) is 18.5 Å². The van der Waals surface area contributed by atoms with Crippen LogP contribution in [0.5, 0.6) is 0 Å². The van der Waals surface area contributed by atoms with Crippen molar-refractivity contribution in [2.45, 2.75) is 31.7 Å². The number of carbonyl (C=O) groups excluding carboxylic acids is 1. The SMILES string of the molecule is O=C(C[C@H]1CCc2ccccc21)NCc1nc(-c2ncccn2)no1. The van der Waals surface area contributed by atoms with Crippen LogP contribution in [0, 0.1) is 0 Å². The molecule has 2 heterocycles. The van der Waals surface area contributed by atoms with E-state index >= 15 is 0 Å². The Labute approximate surface area is 144 Å². The third-order valence-electron chi connectivity index (χ3n) is 4.36. The molecule has 0 bridgehead atoms. The first kappa shape index (κ1) is 15.4. The molecule has 0 radical (unpaired) electrons. The van der Waals surface area contributed by atoms with Crippen molar-refractivity contribution in [3.8, 4) is 11.6 Å². The second kappa shape index (κ2) is 6.80. The van der Waals surface area contributed by atoms with Crippen LogP contribution < -0.4 is 5.32 Å². The highest BCUT2D eigenvalue weighted by molar-refractivity contribution is 5.77. The summed E-state index contributed by atoms with van der Waals surface area (Å²) >= 11 is 0. The van der Waals surface area contributed by atoms with E-state index in [9.17, 15) is 4.79 Å². The van der Waals surface area contributed by atoms with Crippen molar-refractivity contribution in [2.75, 3.05) is 0 Å². The molecule has 1 aromatic carbocycles. The molecule has 0 unspecified atom stereocenters. The number of aromatic nitrogens is 4. The summed E-state index contributed by atoms with van der Waals surface area (Å²) in [4.78, 5) is 24.6. The summed E-state index contributed by atoms with van der Waals surface area (Å²) in [5, 5.41) is 6.68. The molecular formula is C18H17N5O2. The average Bonchev–Trinajstić information content (AvgIpc) is 3.28. The van der Waals surface area contributed by atoms with Crippen molar-refractivity contribution in [3.63, 3.8) is 0 Å². The molecule has 126 valence electrons. The number of aryl methyl sites for hydroxylation is 1. The maximum Gasteiger partial charge on any atom is 0.246 e. The smallest absolute Gasteiger partial charge is 0.246 e. The van der Waals surface area contributed by atoms with Gasteiger partial charge in [-0.25, -0.2) is 9.97 Å². The Morgan fingerprint density at radius 1 is 1.16 bits per heavy atom. The Morgan fingerprint density at radius 3 is 2.88 bits per heavy atom. The monoisotopic (exact) mass is 335 g/mol. The molecule has 0 spiro atoms. The Bertz CT molecular complexity index is 878. The van der Waals surface area contributed by atoms with Crippen molar-refractivity contribution >= 4 is 5.91 Å². The molecule has 0 saturated carbocycles. The van der Waals surface area contributed by atoms with E-state index in [4.69, 9.17) is 4.52 Å². The summed E-state index contributed by atoms with van der Waals surface area (Å²) in [7, 11) is 0. The van der Waals surface area contributed by atoms with E-state index in [0.29, 0.717) is 24.0 Å². The highest BCUT2D eigenvalue weighted by Gasteiger charge is 2.24. The number of benzene rings is 1. The van der Waals surface area contributed by atoms with Gasteiger partial charge in [0.15, 0.2) is 0 Å². The summed E-state index contributed by atoms with van der Waals surface area (Å²) in [6.07, 6.45) is 5.75. The number of hydrogen-bond acceptors (Lipinski definition) is 6. The normalized spacial score (nSPS) is 15.8. The fraction of sp³-hybridized carbons (Fsp3) is 0.278. The number of nitrogens with one attached hydrogen (secondary N) is 1. The van der Waals surface area contributed by atoms with Crippen LogP contribution >= 0.6 is 0 Å². The van der Waals surface area contributed by atoms with Gasteiger partial charge in [-0.15, -0.1) is 0 Å². The molecule has 0 aliphatic heterocycles. The minimum Gasteiger partial charge on any atom is -0.347 e. The van der Waals surface area contributed by atoms with Gasteiger partial charge in [0.05, 0.1) is 6.54 Å². The first-order valence-electron chi connectivity index (χ1n) is 8.24. The topological polar surface area (TPSA) is 93.8 Å². The van der Waals surface area contributed by atoms with Gasteiger partial charge >= 0.3 is 0 Å². The molecule has 0 fully saturated rings. The molecule has 2 aromatic heterocycles. The van der Waals surface area contributed by atoms with E-state index in [1.807, 2.05) is 12.1 Å². The number of hydrogen-bond donors (Lipinski definition) is 1. The van der Waals surface area contributed by atoms with Gasteiger partial charge in [-0.3, -0.25) is 4.79 Å². The molecule has 0 saturated heterocycles. The summed E-state index contributed by atoms with van der Waals surface area (Å²) in [5.74, 6) is 1.31. The standard InChI is InChI=1S/C18H17N5O2/c24-15(10-13-7-6-12-4-1-2-5-14(12)13)21-11-16-22-18(23-25-16)17-19-8-3-9-20-17/h1-5,8-9,13H,6-7,10-11H2,(H,21,24)/t13-/m1/s1. The summed E-state index contributed by atoms with van der Waals surface area (Å²) in [6.45, 7) is 0.201. The molecule has 1 N–H and O–H groups in total. The molecule has 1 aliphatic rings. The summed E-state index contributed by atoms with van der Waals surface area (Å²) in [5.41, 5.74) is 2.64. The lowest BCUT2D eigenvalue weighted by molar-refractivity contribution is -0.121. The molecule has 1 atom stereocenters. The van der Waals surface area contributed by atoms with E-state index in [2.05, 4.69) is 37.6 Å². The number of carbonyl (C=O) groups is 1. The number of rotatable bonds is 5. The van der Waals surface area contributed by atoms with Gasteiger partial charge in [0, 0.05) is 18.8 Å². The quantitative estimate of drug-likeness (QED) is 0.768. The fourth-order valence-corrected chi connectivity index (χ4v) is 3.16. The number of fused-ring (bicyclic) bond motifs is 1. The van der Waals surface area contributed by atoms with Gasteiger partial charge in [-0.05, 0) is 36.0 Å². The predicted molar refractivity (Wildman–Crippen MR) is 89.3 cm³/mol. The Morgan fingerprint density at radius 2 is 2.00 bits per heavy atom. The zero-order valence-electron chi connectivity index (χ0n) is 13.6. The predicted octanol–water partition coefficient (Wildman–Crippen LogP) is 2.26. The van der Waals surface area contributed by atoms with Gasteiger partial charge in [0.1, 0.15) is 0 Å². The Hall–Kier alpha value is -3.09. The van der Waals surface area contributed by atoms with Crippen molar-refractivity contribution < 1.29 is 9.32 Å². The lowest BCUT2D eigenvalue weighted by Gasteiger charge is -2.10. The first-order chi connectivity index (χ1) is 12.3. The van der Waals surface area contributed by atoms with Crippen molar-refractivity contribution in [3.05, 3.63) is 59.7 Å². The van der Waals surface area contributed by atoms with Crippen LogP contribution in [0.4, 0.5) is 0 Å². The van der Waals surface area contributed by atoms with Gasteiger partial charge in [0.2, 0.25) is 23.4 Å². The Kier molecular flexibility index (Phi) is 4.20. The van der Waals surface area contributed by atoms with Crippen LogP contribution in [-0.4, -0.2) is 26.0 Å². The van der Waals surface area contributed by atoms with Gasteiger partial charge in [0.25, 0.3) is 0 Å². The van der Waals surface area contributed by atoms with Crippen LogP contribution in [0.2, 0.25) is 0 Å². The minimum atomic E-state index is -0.0163. The van der Waals surface area contributed by atoms with E-state index in [1.165, 1.54) is 11.1 Å². The minimum absolute atomic E-state index is 0.0163. The molecule has 1 aliphatic carbocycles. The zero-order valence-corrected chi connectivity index (χ0v) is 13.6. The van der Waals surface area contributed by atoms with Crippen molar-refractivity contribution in [1.82, 2.24) is 25.4 Å². The second-order valence-electron chi connectivity index (χ2n) is 6.00. The van der Waals surface area contributed by atoms with E-state index < -0.39 is 0 Å². The molecule has 7 nitrogen and oxygen atoms in total. The number of amides is 1. The van der Waals surface area contributed by atoms with Crippen LogP contribution in [0.3, 0.4) is 0 Å². The molecule has 25 heavy (non-hydrogen) atoms. The van der Waals surface area contributed by atoms with Crippen molar-refractivity contribution in [2.24, 2.45) is 0 Å². The maximum absolute atomic E-state index is 12.2. The maximum atomic E-state index is 12.2. The highest BCUT2D eigenvalue weighted by Crippen LogP contribution is 2.35. The lowest BCUT2D eigenvalue weighted by Crippen LogP contribution is -2.24. The molecule has 3 aromatic rings. The molecular weight excluding hydrogens is 318 g/mol. The third-order valence-corrected chi connectivity index (χ3v) is 4.36. The van der Waals surface area contributed by atoms with Gasteiger partial charge in [-0.1, -0.05) is 29.4 Å². The van der Waals surface area contributed by atoms with E-state index in [-0.39, 0.29) is 18.4 Å². The van der Waals surface area contributed by atoms with Crippen molar-refractivity contribution in [1.29, 1.82) is 0 Å². The van der Waals surface area contributed by atoms with Crippen LogP contribution in [0.15, 0.2) is 47.2 Å². The molecule has 7 heteroatoms. The second-order valence-corrected chi connectivity index (χ2v) is 6.00. The third kappa shape index (κ3) is 3.40. The summed E-state index contributed by atoms with van der Waals surface area (Å²) in [6, 6.07) is 10.0. The Balaban J connectivity index is 1.33. The molecule has 4 rings (SSSR count). The molecule has 1 amide bonds. The average molecular weight is 335 g/mol. The summed E-state index contributed by atoms with van der Waals surface area (Å²) < 4.78 is 5.14. The van der Waals surface area contributed by atoms with Gasteiger partial charge < -0.3 is 9.84 Å². The first-order valence-corrected chi connectivity index (χ1v) is 8.24. The lowest BCUT2D eigenvalue weighted by atomic mass is 9.97. The van der Waals surface area contributed by atoms with Crippen LogP contribution in [-0.2, 0) is 17.8 Å². The van der Waals surface area contributed by atoms with Gasteiger partial charge in [-0.2, -0.15) is 4.98 Å². The zero-order chi connectivity index (χ0) is 17.1. The fourth-order valence-electron chi connectivity index (χ4n) is 3.16. The largest absolute Gasteiger partial charge is 0.347 e. The van der Waals surface area contributed by atoms with Crippen LogP contribution in [0.1, 0.15) is 35.8 Å². The number of nitrogens with zero attached hydrogens (tertiary/aromatic N) is 4. The van der Waals surface area contributed by atoms with Crippen LogP contribution in [0.25, 0.3) is 11.6 Å².